The zero-order valence-corrected chi connectivity index (χ0v) is 12.2. The lowest BCUT2D eigenvalue weighted by molar-refractivity contribution is 0.149. The minimum atomic E-state index is -0.227. The molecule has 2 atom stereocenters. The summed E-state index contributed by atoms with van der Waals surface area (Å²) in [5, 5.41) is 3.33. The largest absolute Gasteiger partial charge is 0.497 e. The predicted molar refractivity (Wildman–Crippen MR) is 75.0 cm³/mol. The van der Waals surface area contributed by atoms with Crippen molar-refractivity contribution in [1.29, 1.82) is 0 Å². The van der Waals surface area contributed by atoms with E-state index in [-0.39, 0.29) is 11.9 Å². The third-order valence-corrected chi connectivity index (χ3v) is 3.12. The number of methoxy groups -OCH3 is 2. The molecule has 0 saturated heterocycles. The van der Waals surface area contributed by atoms with Crippen LogP contribution in [-0.4, -0.2) is 27.4 Å². The molecule has 0 aliphatic rings. The van der Waals surface area contributed by atoms with Crippen molar-refractivity contribution in [2.45, 2.75) is 26.3 Å². The van der Waals surface area contributed by atoms with E-state index in [9.17, 15) is 4.39 Å². The van der Waals surface area contributed by atoms with Gasteiger partial charge in [0.05, 0.1) is 7.11 Å². The maximum atomic E-state index is 14.1. The number of benzene rings is 1. The van der Waals surface area contributed by atoms with Gasteiger partial charge in [0.15, 0.2) is 0 Å². The molecule has 1 N–H and O–H groups in total. The highest BCUT2D eigenvalue weighted by Gasteiger charge is 2.18. The quantitative estimate of drug-likeness (QED) is 0.786. The molecular weight excluding hydrogens is 245 g/mol. The Morgan fingerprint density at radius 2 is 2.05 bits per heavy atom. The van der Waals surface area contributed by atoms with E-state index >= 15 is 0 Å². The third kappa shape index (κ3) is 4.80. The molecule has 0 spiro atoms. The number of hydrogen-bond donors (Lipinski definition) is 1. The lowest BCUT2D eigenvalue weighted by Crippen LogP contribution is -2.25. The Morgan fingerprint density at radius 1 is 1.32 bits per heavy atom. The molecule has 0 radical (unpaired) electrons. The number of ether oxygens (including phenoxy) is 2. The zero-order chi connectivity index (χ0) is 14.3. The first-order chi connectivity index (χ1) is 9.12. The predicted octanol–water partition coefficient (Wildman–Crippen LogP) is 3.16. The second-order valence-corrected chi connectivity index (χ2v) is 4.79. The average Bonchev–Trinajstić information content (AvgIpc) is 2.38. The number of halogens is 1. The highest BCUT2D eigenvalue weighted by Crippen LogP contribution is 2.26. The number of rotatable bonds is 8. The molecule has 1 aromatic carbocycles. The topological polar surface area (TPSA) is 30.5 Å². The molecule has 108 valence electrons. The molecule has 1 rings (SSSR count). The molecule has 0 amide bonds. The van der Waals surface area contributed by atoms with Crippen LogP contribution in [0.1, 0.15) is 31.9 Å². The first-order valence-electron chi connectivity index (χ1n) is 6.68. The molecule has 2 unspecified atom stereocenters. The molecule has 0 bridgehead atoms. The van der Waals surface area contributed by atoms with Crippen LogP contribution in [0.2, 0.25) is 0 Å². The first kappa shape index (κ1) is 15.9. The van der Waals surface area contributed by atoms with Gasteiger partial charge in [-0.25, -0.2) is 4.39 Å². The van der Waals surface area contributed by atoms with E-state index in [0.29, 0.717) is 23.8 Å². The SMILES string of the molecule is CCNC(CC(C)COC)c1ccc(OC)cc1F. The second-order valence-electron chi connectivity index (χ2n) is 4.79. The van der Waals surface area contributed by atoms with Gasteiger partial charge in [0.25, 0.3) is 0 Å². The Labute approximate surface area is 115 Å². The van der Waals surface area contributed by atoms with Gasteiger partial charge in [-0.05, 0) is 24.9 Å². The number of hydrogen-bond acceptors (Lipinski definition) is 3. The molecular formula is C15H24FNO2. The summed E-state index contributed by atoms with van der Waals surface area (Å²) >= 11 is 0. The summed E-state index contributed by atoms with van der Waals surface area (Å²) in [7, 11) is 3.23. The molecule has 0 heterocycles. The third-order valence-electron chi connectivity index (χ3n) is 3.12. The molecule has 19 heavy (non-hydrogen) atoms. The van der Waals surface area contributed by atoms with Gasteiger partial charge >= 0.3 is 0 Å². The molecule has 3 nitrogen and oxygen atoms in total. The normalized spacial score (nSPS) is 14.2. The van der Waals surface area contributed by atoms with Gasteiger partial charge < -0.3 is 14.8 Å². The minimum Gasteiger partial charge on any atom is -0.497 e. The molecule has 0 aromatic heterocycles. The summed E-state index contributed by atoms with van der Waals surface area (Å²) in [4.78, 5) is 0. The van der Waals surface area contributed by atoms with Gasteiger partial charge in [-0.1, -0.05) is 19.9 Å². The van der Waals surface area contributed by atoms with Crippen molar-refractivity contribution < 1.29 is 13.9 Å². The van der Waals surface area contributed by atoms with E-state index in [2.05, 4.69) is 12.2 Å². The molecule has 0 fully saturated rings. The van der Waals surface area contributed by atoms with E-state index in [1.54, 1.807) is 19.2 Å². The Balaban J connectivity index is 2.85. The fourth-order valence-electron chi connectivity index (χ4n) is 2.24. The smallest absolute Gasteiger partial charge is 0.131 e. The van der Waals surface area contributed by atoms with Gasteiger partial charge in [0.1, 0.15) is 11.6 Å². The fraction of sp³-hybridized carbons (Fsp3) is 0.600. The van der Waals surface area contributed by atoms with E-state index in [1.165, 1.54) is 13.2 Å². The first-order valence-corrected chi connectivity index (χ1v) is 6.68. The monoisotopic (exact) mass is 269 g/mol. The van der Waals surface area contributed by atoms with Crippen LogP contribution >= 0.6 is 0 Å². The summed E-state index contributed by atoms with van der Waals surface area (Å²) in [5.74, 6) is 0.687. The van der Waals surface area contributed by atoms with Crippen molar-refractivity contribution in [3.8, 4) is 5.75 Å². The van der Waals surface area contributed by atoms with Gasteiger partial charge in [-0.2, -0.15) is 0 Å². The van der Waals surface area contributed by atoms with Crippen LogP contribution < -0.4 is 10.1 Å². The van der Waals surface area contributed by atoms with Gasteiger partial charge in [0.2, 0.25) is 0 Å². The summed E-state index contributed by atoms with van der Waals surface area (Å²) in [6.07, 6.45) is 0.838. The van der Waals surface area contributed by atoms with Gasteiger partial charge in [-0.15, -0.1) is 0 Å². The van der Waals surface area contributed by atoms with Crippen LogP contribution in [0.25, 0.3) is 0 Å². The van der Waals surface area contributed by atoms with Crippen LogP contribution in [0.5, 0.6) is 5.75 Å². The van der Waals surface area contributed by atoms with E-state index in [1.807, 2.05) is 6.92 Å². The average molecular weight is 269 g/mol. The van der Waals surface area contributed by atoms with Crippen molar-refractivity contribution in [3.63, 3.8) is 0 Å². The van der Waals surface area contributed by atoms with Crippen molar-refractivity contribution in [1.82, 2.24) is 5.32 Å². The van der Waals surface area contributed by atoms with Crippen molar-refractivity contribution in [2.24, 2.45) is 5.92 Å². The lowest BCUT2D eigenvalue weighted by Gasteiger charge is -2.22. The maximum absolute atomic E-state index is 14.1. The molecule has 0 saturated carbocycles. The summed E-state index contributed by atoms with van der Waals surface area (Å²) in [6.45, 7) is 5.61. The summed E-state index contributed by atoms with van der Waals surface area (Å²) in [6, 6.07) is 5.02. The highest BCUT2D eigenvalue weighted by molar-refractivity contribution is 5.30. The van der Waals surface area contributed by atoms with E-state index in [4.69, 9.17) is 9.47 Å². The van der Waals surface area contributed by atoms with Crippen molar-refractivity contribution in [3.05, 3.63) is 29.6 Å². The minimum absolute atomic E-state index is 0.000978. The molecule has 0 aliphatic heterocycles. The van der Waals surface area contributed by atoms with Crippen LogP contribution in [0, 0.1) is 11.7 Å². The second kappa shape index (κ2) is 8.12. The van der Waals surface area contributed by atoms with Gasteiger partial charge in [0, 0.05) is 31.4 Å². The zero-order valence-electron chi connectivity index (χ0n) is 12.2. The van der Waals surface area contributed by atoms with Gasteiger partial charge in [-0.3, -0.25) is 0 Å². The van der Waals surface area contributed by atoms with Crippen LogP contribution in [0.4, 0.5) is 4.39 Å². The Hall–Kier alpha value is -1.13. The fourth-order valence-corrected chi connectivity index (χ4v) is 2.24. The lowest BCUT2D eigenvalue weighted by atomic mass is 9.95. The molecule has 4 heteroatoms. The van der Waals surface area contributed by atoms with E-state index in [0.717, 1.165) is 13.0 Å². The highest BCUT2D eigenvalue weighted by atomic mass is 19.1. The Kier molecular flexibility index (Phi) is 6.81. The van der Waals surface area contributed by atoms with Crippen LogP contribution in [-0.2, 0) is 4.74 Å². The Bertz CT molecular complexity index is 384. The maximum Gasteiger partial charge on any atom is 0.131 e. The number of nitrogens with one attached hydrogen (secondary N) is 1. The standard InChI is InChI=1S/C15H24FNO2/c1-5-17-15(8-11(2)10-18-3)13-7-6-12(19-4)9-14(13)16/h6-7,9,11,15,17H,5,8,10H2,1-4H3. The van der Waals surface area contributed by atoms with Crippen molar-refractivity contribution >= 4 is 0 Å². The Morgan fingerprint density at radius 3 is 2.58 bits per heavy atom. The molecule has 0 aliphatic carbocycles. The van der Waals surface area contributed by atoms with Crippen LogP contribution in [0.15, 0.2) is 18.2 Å². The van der Waals surface area contributed by atoms with E-state index < -0.39 is 0 Å². The summed E-state index contributed by atoms with van der Waals surface area (Å²) < 4.78 is 24.3. The molecule has 1 aromatic rings. The summed E-state index contributed by atoms with van der Waals surface area (Å²) in [5.41, 5.74) is 0.686. The van der Waals surface area contributed by atoms with Crippen molar-refractivity contribution in [2.75, 3.05) is 27.4 Å². The van der Waals surface area contributed by atoms with Crippen LogP contribution in [0.3, 0.4) is 0 Å².